The molecule has 4 atom stereocenters. The number of imidazole rings is 1. The molecule has 1 N–H and O–H groups in total. The lowest BCUT2D eigenvalue weighted by Crippen LogP contribution is -2.31. The van der Waals surface area contributed by atoms with Gasteiger partial charge < -0.3 is 19.3 Å². The Morgan fingerprint density at radius 3 is 2.90 bits per heavy atom. The minimum atomic E-state index is -0.698. The van der Waals surface area contributed by atoms with Gasteiger partial charge in [-0.1, -0.05) is 0 Å². The maximum absolute atomic E-state index is 9.50. The molecule has 2 aliphatic heterocycles. The SMILES string of the molecule is CC1(C)O[C@@H]2[C@H](CO)OC(n3cnc4cncnc43)[C@H]2O1. The van der Waals surface area contributed by atoms with E-state index in [9.17, 15) is 5.11 Å². The van der Waals surface area contributed by atoms with Gasteiger partial charge in [0, 0.05) is 0 Å². The lowest BCUT2D eigenvalue weighted by atomic mass is 10.1. The van der Waals surface area contributed by atoms with Gasteiger partial charge in [-0.05, 0) is 13.8 Å². The average molecular weight is 292 g/mol. The molecule has 8 heteroatoms. The first-order chi connectivity index (χ1) is 10.1. The van der Waals surface area contributed by atoms with Gasteiger partial charge in [0.25, 0.3) is 0 Å². The lowest BCUT2D eigenvalue weighted by molar-refractivity contribution is -0.199. The van der Waals surface area contributed by atoms with Crippen LogP contribution in [0, 0.1) is 0 Å². The molecule has 0 spiro atoms. The summed E-state index contributed by atoms with van der Waals surface area (Å²) < 4.78 is 19.5. The summed E-state index contributed by atoms with van der Waals surface area (Å²) in [6, 6.07) is 0. The van der Waals surface area contributed by atoms with Crippen LogP contribution >= 0.6 is 0 Å². The molecule has 2 fully saturated rings. The van der Waals surface area contributed by atoms with Crippen molar-refractivity contribution >= 4 is 11.2 Å². The normalized spacial score (nSPS) is 34.4. The van der Waals surface area contributed by atoms with Gasteiger partial charge in [-0.15, -0.1) is 0 Å². The molecule has 2 aliphatic rings. The highest BCUT2D eigenvalue weighted by Crippen LogP contribution is 2.43. The van der Waals surface area contributed by atoms with Crippen molar-refractivity contribution in [2.24, 2.45) is 0 Å². The molecule has 4 heterocycles. The van der Waals surface area contributed by atoms with Crippen molar-refractivity contribution in [1.82, 2.24) is 19.5 Å². The van der Waals surface area contributed by atoms with Crippen LogP contribution in [0.1, 0.15) is 20.1 Å². The topological polar surface area (TPSA) is 91.5 Å². The van der Waals surface area contributed by atoms with E-state index in [1.54, 1.807) is 17.1 Å². The number of hydrogen-bond donors (Lipinski definition) is 1. The Kier molecular flexibility index (Phi) is 2.77. The Morgan fingerprint density at radius 2 is 2.10 bits per heavy atom. The van der Waals surface area contributed by atoms with Gasteiger partial charge in [0.1, 0.15) is 30.2 Å². The smallest absolute Gasteiger partial charge is 0.166 e. The highest BCUT2D eigenvalue weighted by atomic mass is 16.8. The zero-order valence-corrected chi connectivity index (χ0v) is 11.7. The van der Waals surface area contributed by atoms with Gasteiger partial charge in [0.15, 0.2) is 17.7 Å². The molecule has 2 saturated heterocycles. The molecule has 8 nitrogen and oxygen atoms in total. The Morgan fingerprint density at radius 1 is 1.29 bits per heavy atom. The second-order valence-corrected chi connectivity index (χ2v) is 5.70. The lowest BCUT2D eigenvalue weighted by Gasteiger charge is -2.24. The first-order valence-electron chi connectivity index (χ1n) is 6.83. The predicted molar refractivity (Wildman–Crippen MR) is 70.1 cm³/mol. The molecule has 0 aliphatic carbocycles. The fourth-order valence-electron chi connectivity index (χ4n) is 3.00. The monoisotopic (exact) mass is 292 g/mol. The van der Waals surface area contributed by atoms with Crippen LogP contribution in [-0.2, 0) is 14.2 Å². The predicted octanol–water partition coefficient (Wildman–Crippen LogP) is 0.236. The average Bonchev–Trinajstić information content (AvgIpc) is 3.09. The largest absolute Gasteiger partial charge is 0.394 e. The van der Waals surface area contributed by atoms with E-state index < -0.39 is 18.1 Å². The molecular weight excluding hydrogens is 276 g/mol. The molecule has 21 heavy (non-hydrogen) atoms. The van der Waals surface area contributed by atoms with E-state index in [0.717, 1.165) is 0 Å². The molecular formula is C13H16N4O4. The maximum atomic E-state index is 9.50. The number of nitrogens with zero attached hydrogens (tertiary/aromatic N) is 4. The third-order valence-electron chi connectivity index (χ3n) is 3.82. The minimum absolute atomic E-state index is 0.126. The van der Waals surface area contributed by atoms with E-state index in [1.807, 2.05) is 13.8 Å². The fourth-order valence-corrected chi connectivity index (χ4v) is 3.00. The number of hydrogen-bond acceptors (Lipinski definition) is 7. The van der Waals surface area contributed by atoms with E-state index in [-0.39, 0.29) is 18.8 Å². The number of fused-ring (bicyclic) bond motifs is 2. The van der Waals surface area contributed by atoms with Crippen LogP contribution < -0.4 is 0 Å². The second kappa shape index (κ2) is 4.44. The van der Waals surface area contributed by atoms with E-state index in [0.29, 0.717) is 11.2 Å². The van der Waals surface area contributed by atoms with Crippen molar-refractivity contribution in [3.05, 3.63) is 18.9 Å². The van der Waals surface area contributed by atoms with Gasteiger partial charge in [-0.2, -0.15) is 0 Å². The molecule has 1 unspecified atom stereocenters. The summed E-state index contributed by atoms with van der Waals surface area (Å²) in [5.41, 5.74) is 1.35. The van der Waals surface area contributed by atoms with E-state index in [4.69, 9.17) is 14.2 Å². The van der Waals surface area contributed by atoms with Crippen LogP contribution in [0.3, 0.4) is 0 Å². The molecule has 0 amide bonds. The quantitative estimate of drug-likeness (QED) is 0.847. The van der Waals surface area contributed by atoms with Gasteiger partial charge in [-0.3, -0.25) is 4.57 Å². The summed E-state index contributed by atoms with van der Waals surface area (Å²) in [7, 11) is 0. The van der Waals surface area contributed by atoms with Crippen molar-refractivity contribution in [1.29, 1.82) is 0 Å². The van der Waals surface area contributed by atoms with Crippen LogP contribution in [0.2, 0.25) is 0 Å². The van der Waals surface area contributed by atoms with Gasteiger partial charge in [0.2, 0.25) is 0 Å². The first-order valence-corrected chi connectivity index (χ1v) is 6.83. The second-order valence-electron chi connectivity index (χ2n) is 5.70. The van der Waals surface area contributed by atoms with Crippen molar-refractivity contribution in [3.8, 4) is 0 Å². The summed E-state index contributed by atoms with van der Waals surface area (Å²) in [5.74, 6) is -0.698. The van der Waals surface area contributed by atoms with Crippen LogP contribution in [0.5, 0.6) is 0 Å². The van der Waals surface area contributed by atoms with E-state index in [1.165, 1.54) is 6.33 Å². The van der Waals surface area contributed by atoms with Crippen molar-refractivity contribution in [2.75, 3.05) is 6.61 Å². The highest BCUT2D eigenvalue weighted by molar-refractivity contribution is 5.69. The van der Waals surface area contributed by atoms with Crippen LogP contribution in [0.15, 0.2) is 18.9 Å². The number of rotatable bonds is 2. The molecule has 0 aromatic carbocycles. The Labute approximate surface area is 120 Å². The summed E-state index contributed by atoms with van der Waals surface area (Å²) in [6.45, 7) is 3.58. The third-order valence-corrected chi connectivity index (χ3v) is 3.82. The number of aliphatic hydroxyl groups is 1. The van der Waals surface area contributed by atoms with Gasteiger partial charge in [0.05, 0.1) is 19.1 Å². The van der Waals surface area contributed by atoms with Crippen molar-refractivity contribution in [3.63, 3.8) is 0 Å². The van der Waals surface area contributed by atoms with Gasteiger partial charge in [-0.25, -0.2) is 15.0 Å². The van der Waals surface area contributed by atoms with E-state index in [2.05, 4.69) is 15.0 Å². The zero-order chi connectivity index (χ0) is 14.6. The molecule has 0 saturated carbocycles. The van der Waals surface area contributed by atoms with Crippen LogP contribution in [0.4, 0.5) is 0 Å². The number of aromatic nitrogens is 4. The number of ether oxygens (including phenoxy) is 3. The Hall–Kier alpha value is -1.61. The Bertz CT molecular complexity index is 673. The van der Waals surface area contributed by atoms with Crippen molar-refractivity contribution < 1.29 is 19.3 Å². The van der Waals surface area contributed by atoms with Gasteiger partial charge >= 0.3 is 0 Å². The van der Waals surface area contributed by atoms with Crippen LogP contribution in [-0.4, -0.2) is 55.3 Å². The third kappa shape index (κ3) is 1.95. The molecule has 112 valence electrons. The zero-order valence-electron chi connectivity index (χ0n) is 11.7. The standard InChI is InChI=1S/C13H16N4O4/c1-13(2)20-9-8(4-18)19-12(10(9)21-13)17-6-16-7-3-14-5-15-11(7)17/h3,5-6,8-10,12,18H,4H2,1-2H3/t8-,9+,10-,12?/m0/s1. The summed E-state index contributed by atoms with van der Waals surface area (Å²) >= 11 is 0. The summed E-state index contributed by atoms with van der Waals surface area (Å²) in [6.07, 6.45) is 3.26. The Balaban J connectivity index is 1.75. The molecule has 0 radical (unpaired) electrons. The fraction of sp³-hybridized carbons (Fsp3) is 0.615. The minimum Gasteiger partial charge on any atom is -0.394 e. The van der Waals surface area contributed by atoms with E-state index >= 15 is 0 Å². The molecule has 0 bridgehead atoms. The first kappa shape index (κ1) is 13.1. The molecule has 2 aromatic rings. The van der Waals surface area contributed by atoms with Crippen molar-refractivity contribution in [2.45, 2.75) is 44.2 Å². The molecule has 2 aromatic heterocycles. The highest BCUT2D eigenvalue weighted by Gasteiger charge is 2.55. The summed E-state index contributed by atoms with van der Waals surface area (Å²) in [5, 5.41) is 9.50. The molecule has 4 rings (SSSR count). The number of aliphatic hydroxyl groups excluding tert-OH is 1. The maximum Gasteiger partial charge on any atom is 0.166 e. The van der Waals surface area contributed by atoms with Crippen LogP contribution in [0.25, 0.3) is 11.2 Å². The summed E-state index contributed by atoms with van der Waals surface area (Å²) in [4.78, 5) is 12.5.